The van der Waals surface area contributed by atoms with E-state index in [1.807, 2.05) is 23.1 Å². The average Bonchev–Trinajstić information content (AvgIpc) is 2.73. The van der Waals surface area contributed by atoms with E-state index in [9.17, 15) is 9.59 Å². The van der Waals surface area contributed by atoms with Crippen molar-refractivity contribution in [2.75, 3.05) is 19.7 Å². The fourth-order valence-corrected chi connectivity index (χ4v) is 3.79. The zero-order chi connectivity index (χ0) is 20.8. The highest BCUT2D eigenvalue weighted by Gasteiger charge is 2.25. The molecule has 1 aliphatic rings. The van der Waals surface area contributed by atoms with Gasteiger partial charge in [0, 0.05) is 19.0 Å². The largest absolute Gasteiger partial charge is 0.482 e. The highest BCUT2D eigenvalue weighted by molar-refractivity contribution is 5.79. The molecule has 2 aromatic rings. The van der Waals surface area contributed by atoms with Crippen LogP contribution in [0, 0.1) is 0 Å². The van der Waals surface area contributed by atoms with Gasteiger partial charge in [-0.05, 0) is 47.6 Å². The number of nitrogens with zero attached hydrogens (tertiary/aromatic N) is 1. The lowest BCUT2D eigenvalue weighted by molar-refractivity contribution is -0.139. The first-order valence-corrected chi connectivity index (χ1v) is 10.2. The number of piperidine rings is 1. The van der Waals surface area contributed by atoms with Crippen LogP contribution in [-0.4, -0.2) is 41.6 Å². The first-order chi connectivity index (χ1) is 13.9. The second-order valence-corrected chi connectivity index (χ2v) is 8.01. The van der Waals surface area contributed by atoms with Crippen molar-refractivity contribution in [3.05, 3.63) is 65.2 Å². The van der Waals surface area contributed by atoms with Crippen LogP contribution in [0.4, 0.5) is 0 Å². The molecule has 0 spiro atoms. The van der Waals surface area contributed by atoms with Gasteiger partial charge in [0.1, 0.15) is 5.75 Å². The van der Waals surface area contributed by atoms with Crippen molar-refractivity contribution in [3.63, 3.8) is 0 Å². The van der Waals surface area contributed by atoms with Crippen LogP contribution in [0.25, 0.3) is 0 Å². The maximum absolute atomic E-state index is 12.8. The molecule has 154 valence electrons. The van der Waals surface area contributed by atoms with Crippen LogP contribution in [0.5, 0.6) is 5.75 Å². The Morgan fingerprint density at radius 2 is 1.93 bits per heavy atom. The minimum atomic E-state index is -0.994. The number of rotatable bonds is 7. The third kappa shape index (κ3) is 5.83. The Kier molecular flexibility index (Phi) is 6.91. The maximum atomic E-state index is 12.8. The number of carbonyl (C=O) groups excluding carboxylic acids is 1. The van der Waals surface area contributed by atoms with Crippen molar-refractivity contribution < 1.29 is 19.4 Å². The second kappa shape index (κ2) is 9.59. The summed E-state index contributed by atoms with van der Waals surface area (Å²) in [6.07, 6.45) is 2.39. The smallest absolute Gasteiger partial charge is 0.341 e. The first kappa shape index (κ1) is 20.9. The summed E-state index contributed by atoms with van der Waals surface area (Å²) in [6.45, 7) is 5.44. The third-order valence-electron chi connectivity index (χ3n) is 5.47. The summed E-state index contributed by atoms with van der Waals surface area (Å²) in [5.74, 6) is 0.442. The zero-order valence-corrected chi connectivity index (χ0v) is 17.1. The van der Waals surface area contributed by atoms with Crippen LogP contribution in [0.15, 0.2) is 48.5 Å². The first-order valence-electron chi connectivity index (χ1n) is 10.2. The van der Waals surface area contributed by atoms with Crippen molar-refractivity contribution in [1.82, 2.24) is 4.90 Å². The third-order valence-corrected chi connectivity index (χ3v) is 5.47. The molecule has 0 aliphatic carbocycles. The van der Waals surface area contributed by atoms with Gasteiger partial charge in [-0.2, -0.15) is 0 Å². The van der Waals surface area contributed by atoms with Crippen molar-refractivity contribution in [3.8, 4) is 5.75 Å². The van der Waals surface area contributed by atoms with Gasteiger partial charge in [0.2, 0.25) is 5.91 Å². The summed E-state index contributed by atoms with van der Waals surface area (Å²) in [4.78, 5) is 25.5. The summed E-state index contributed by atoms with van der Waals surface area (Å²) in [5, 5.41) is 8.78. The van der Waals surface area contributed by atoms with Crippen molar-refractivity contribution in [2.24, 2.45) is 0 Å². The van der Waals surface area contributed by atoms with E-state index < -0.39 is 5.97 Å². The monoisotopic (exact) mass is 395 g/mol. The van der Waals surface area contributed by atoms with Crippen molar-refractivity contribution in [1.29, 1.82) is 0 Å². The van der Waals surface area contributed by atoms with Gasteiger partial charge in [-0.25, -0.2) is 4.79 Å². The highest BCUT2D eigenvalue weighted by Crippen LogP contribution is 2.29. The summed E-state index contributed by atoms with van der Waals surface area (Å²) in [5.41, 5.74) is 3.42. The minimum Gasteiger partial charge on any atom is -0.482 e. The molecule has 0 bridgehead atoms. The van der Waals surface area contributed by atoms with E-state index in [1.165, 1.54) is 5.56 Å². The van der Waals surface area contributed by atoms with E-state index in [-0.39, 0.29) is 18.4 Å². The predicted octanol–water partition coefficient (Wildman–Crippen LogP) is 4.22. The Morgan fingerprint density at radius 1 is 1.17 bits per heavy atom. The number of aliphatic carboxylic acids is 1. The van der Waals surface area contributed by atoms with Gasteiger partial charge in [0.05, 0.1) is 6.42 Å². The van der Waals surface area contributed by atoms with Gasteiger partial charge in [-0.3, -0.25) is 4.79 Å². The molecular weight excluding hydrogens is 366 g/mol. The molecule has 1 amide bonds. The van der Waals surface area contributed by atoms with Crippen molar-refractivity contribution in [2.45, 2.75) is 44.9 Å². The van der Waals surface area contributed by atoms with Gasteiger partial charge in [-0.15, -0.1) is 0 Å². The maximum Gasteiger partial charge on any atom is 0.341 e. The number of carbonyl (C=O) groups is 2. The van der Waals surface area contributed by atoms with E-state index in [2.05, 4.69) is 38.1 Å². The molecule has 1 fully saturated rings. The topological polar surface area (TPSA) is 66.8 Å². The molecular formula is C24H29NO4. The van der Waals surface area contributed by atoms with E-state index in [0.717, 1.165) is 30.5 Å². The number of likely N-dealkylation sites (tertiary alicyclic amines) is 1. The molecule has 1 N–H and O–H groups in total. The Morgan fingerprint density at radius 3 is 2.62 bits per heavy atom. The van der Waals surface area contributed by atoms with Crippen LogP contribution in [-0.2, 0) is 16.0 Å². The lowest BCUT2D eigenvalue weighted by Crippen LogP contribution is -2.39. The molecule has 1 saturated heterocycles. The van der Waals surface area contributed by atoms with E-state index >= 15 is 0 Å². The van der Waals surface area contributed by atoms with Gasteiger partial charge in [0.25, 0.3) is 0 Å². The molecule has 1 heterocycles. The van der Waals surface area contributed by atoms with E-state index in [4.69, 9.17) is 9.84 Å². The number of ether oxygens (including phenoxy) is 1. The van der Waals surface area contributed by atoms with Gasteiger partial charge >= 0.3 is 5.97 Å². The fraction of sp³-hybridized carbons (Fsp3) is 0.417. The zero-order valence-electron chi connectivity index (χ0n) is 17.1. The number of hydrogen-bond acceptors (Lipinski definition) is 3. The number of carboxylic acids is 1. The standard InChI is InChI=1S/C24H29NO4/c1-17(2)19-10-8-18(9-11-19)13-23(26)25-12-4-6-21(15-25)20-5-3-7-22(14-20)29-16-24(27)28/h3,5,7-11,14,17,21H,4,6,12-13,15-16H2,1-2H3,(H,27,28)/t21-/m0/s1. The number of hydrogen-bond donors (Lipinski definition) is 1. The molecule has 1 aliphatic heterocycles. The second-order valence-electron chi connectivity index (χ2n) is 8.01. The summed E-state index contributed by atoms with van der Waals surface area (Å²) in [6, 6.07) is 15.9. The van der Waals surface area contributed by atoms with E-state index in [1.54, 1.807) is 6.07 Å². The van der Waals surface area contributed by atoms with E-state index in [0.29, 0.717) is 24.6 Å². The average molecular weight is 395 g/mol. The SMILES string of the molecule is CC(C)c1ccc(CC(=O)N2CCC[C@H](c3cccc(OCC(=O)O)c3)C2)cc1. The molecule has 0 saturated carbocycles. The summed E-state index contributed by atoms with van der Waals surface area (Å²) < 4.78 is 5.30. The fourth-order valence-electron chi connectivity index (χ4n) is 3.79. The molecule has 0 radical (unpaired) electrons. The Balaban J connectivity index is 1.62. The highest BCUT2D eigenvalue weighted by atomic mass is 16.5. The molecule has 0 aromatic heterocycles. The molecule has 5 heteroatoms. The predicted molar refractivity (Wildman–Crippen MR) is 112 cm³/mol. The minimum absolute atomic E-state index is 0.158. The lowest BCUT2D eigenvalue weighted by atomic mass is 9.90. The van der Waals surface area contributed by atoms with Crippen LogP contribution in [0.1, 0.15) is 55.2 Å². The normalized spacial score (nSPS) is 16.7. The van der Waals surface area contributed by atoms with Gasteiger partial charge in [0.15, 0.2) is 6.61 Å². The lowest BCUT2D eigenvalue weighted by Gasteiger charge is -2.33. The number of amides is 1. The van der Waals surface area contributed by atoms with Crippen LogP contribution in [0.3, 0.4) is 0 Å². The summed E-state index contributed by atoms with van der Waals surface area (Å²) in [7, 11) is 0. The quantitative estimate of drug-likeness (QED) is 0.762. The molecule has 0 unspecified atom stereocenters. The number of benzene rings is 2. The molecule has 3 rings (SSSR count). The molecule has 2 aromatic carbocycles. The van der Waals surface area contributed by atoms with Crippen LogP contribution in [0.2, 0.25) is 0 Å². The van der Waals surface area contributed by atoms with Crippen LogP contribution >= 0.6 is 0 Å². The molecule has 29 heavy (non-hydrogen) atoms. The van der Waals surface area contributed by atoms with Crippen molar-refractivity contribution >= 4 is 11.9 Å². The van der Waals surface area contributed by atoms with Gasteiger partial charge in [-0.1, -0.05) is 50.2 Å². The summed E-state index contributed by atoms with van der Waals surface area (Å²) >= 11 is 0. The van der Waals surface area contributed by atoms with Crippen LogP contribution < -0.4 is 4.74 Å². The molecule has 5 nitrogen and oxygen atoms in total. The number of carboxylic acid groups (broad SMARTS) is 1. The Hall–Kier alpha value is -2.82. The molecule has 1 atom stereocenters. The van der Waals surface area contributed by atoms with Gasteiger partial charge < -0.3 is 14.7 Å². The Bertz CT molecular complexity index is 844. The Labute approximate surface area is 172 Å².